The lowest BCUT2D eigenvalue weighted by Crippen LogP contribution is -2.44. The van der Waals surface area contributed by atoms with Gasteiger partial charge in [-0.15, -0.1) is 0 Å². The summed E-state index contributed by atoms with van der Waals surface area (Å²) in [5.41, 5.74) is -0.378. The van der Waals surface area contributed by atoms with Crippen LogP contribution in [0, 0.1) is 5.41 Å². The summed E-state index contributed by atoms with van der Waals surface area (Å²) in [7, 11) is 0. The van der Waals surface area contributed by atoms with Gasteiger partial charge in [0.1, 0.15) is 5.54 Å². The van der Waals surface area contributed by atoms with E-state index in [1.54, 1.807) is 0 Å². The zero-order valence-corrected chi connectivity index (χ0v) is 11.4. The largest absolute Gasteiger partial charge is 0.325 e. The van der Waals surface area contributed by atoms with Gasteiger partial charge in [0.15, 0.2) is 0 Å². The molecule has 0 atom stereocenters. The zero-order chi connectivity index (χ0) is 12.1. The van der Waals surface area contributed by atoms with Crippen LogP contribution < -0.4 is 5.32 Å². The molecule has 0 radical (unpaired) electrons. The van der Waals surface area contributed by atoms with E-state index in [0.29, 0.717) is 6.54 Å². The summed E-state index contributed by atoms with van der Waals surface area (Å²) in [5, 5.41) is 3.80. The van der Waals surface area contributed by atoms with E-state index in [1.165, 1.54) is 4.90 Å². The van der Waals surface area contributed by atoms with E-state index in [2.05, 4.69) is 21.2 Å². The van der Waals surface area contributed by atoms with Crippen LogP contribution in [0.2, 0.25) is 0 Å². The first-order valence-electron chi connectivity index (χ1n) is 6.31. The summed E-state index contributed by atoms with van der Waals surface area (Å²) >= 11 is 3.49. The topological polar surface area (TPSA) is 49.4 Å². The fourth-order valence-electron chi connectivity index (χ4n) is 2.98. The maximum absolute atomic E-state index is 12.4. The van der Waals surface area contributed by atoms with Gasteiger partial charge in [0.25, 0.3) is 5.91 Å². The van der Waals surface area contributed by atoms with Crippen molar-refractivity contribution in [1.29, 1.82) is 0 Å². The molecule has 0 unspecified atom stereocenters. The van der Waals surface area contributed by atoms with Gasteiger partial charge < -0.3 is 5.32 Å². The number of carbonyl (C=O) groups excluding carboxylic acids is 2. The fraction of sp³-hybridized carbons (Fsp3) is 0.833. The molecule has 94 valence electrons. The van der Waals surface area contributed by atoms with Crippen LogP contribution in [0.5, 0.6) is 0 Å². The Labute approximate surface area is 109 Å². The Morgan fingerprint density at radius 2 is 1.82 bits per heavy atom. The Hall–Kier alpha value is -0.580. The standard InChI is InChI=1S/C12H17BrN2O2/c13-7-11(5-6-11)8-15-9(16)12(14-10(15)17)3-1-2-4-12/h1-8H2,(H,14,17). The van der Waals surface area contributed by atoms with Crippen molar-refractivity contribution in [3.63, 3.8) is 0 Å². The number of imide groups is 1. The van der Waals surface area contributed by atoms with E-state index < -0.39 is 5.54 Å². The molecule has 3 rings (SSSR count). The lowest BCUT2D eigenvalue weighted by molar-refractivity contribution is -0.131. The minimum atomic E-state index is -0.542. The van der Waals surface area contributed by atoms with Gasteiger partial charge in [-0.1, -0.05) is 28.8 Å². The molecule has 0 aromatic rings. The molecular formula is C12H17BrN2O2. The molecule has 1 heterocycles. The molecule has 1 N–H and O–H groups in total. The van der Waals surface area contributed by atoms with Crippen molar-refractivity contribution in [2.45, 2.75) is 44.1 Å². The Morgan fingerprint density at radius 1 is 1.18 bits per heavy atom. The first kappa shape index (κ1) is 11.5. The van der Waals surface area contributed by atoms with Crippen molar-refractivity contribution in [3.05, 3.63) is 0 Å². The number of hydrogen-bond acceptors (Lipinski definition) is 2. The van der Waals surface area contributed by atoms with Crippen LogP contribution in [0.1, 0.15) is 38.5 Å². The highest BCUT2D eigenvalue weighted by atomic mass is 79.9. The first-order chi connectivity index (χ1) is 8.11. The minimum Gasteiger partial charge on any atom is -0.323 e. The van der Waals surface area contributed by atoms with Gasteiger partial charge in [-0.3, -0.25) is 9.69 Å². The number of urea groups is 1. The molecule has 1 saturated heterocycles. The van der Waals surface area contributed by atoms with Crippen LogP contribution >= 0.6 is 15.9 Å². The highest BCUT2D eigenvalue weighted by molar-refractivity contribution is 9.09. The van der Waals surface area contributed by atoms with Crippen molar-refractivity contribution in [1.82, 2.24) is 10.2 Å². The van der Waals surface area contributed by atoms with Crippen molar-refractivity contribution in [2.75, 3.05) is 11.9 Å². The third-order valence-corrected chi connectivity index (χ3v) is 5.63. The number of carbonyl (C=O) groups is 2. The van der Waals surface area contributed by atoms with Crippen molar-refractivity contribution < 1.29 is 9.59 Å². The van der Waals surface area contributed by atoms with Crippen molar-refractivity contribution >= 4 is 27.9 Å². The molecular weight excluding hydrogens is 284 g/mol. The van der Waals surface area contributed by atoms with Gasteiger partial charge in [-0.2, -0.15) is 0 Å². The molecule has 5 heteroatoms. The molecule has 17 heavy (non-hydrogen) atoms. The van der Waals surface area contributed by atoms with Gasteiger partial charge >= 0.3 is 6.03 Å². The number of amides is 3. The van der Waals surface area contributed by atoms with Crippen LogP contribution in [0.4, 0.5) is 4.79 Å². The van der Waals surface area contributed by atoms with Gasteiger partial charge in [-0.05, 0) is 31.1 Å². The molecule has 3 aliphatic rings. The molecule has 0 bridgehead atoms. The fourth-order valence-corrected chi connectivity index (χ4v) is 3.72. The summed E-state index contributed by atoms with van der Waals surface area (Å²) in [6, 6.07) is -0.177. The Morgan fingerprint density at radius 3 is 2.35 bits per heavy atom. The average Bonchev–Trinajstić information content (AvgIpc) is 2.89. The number of alkyl halides is 1. The van der Waals surface area contributed by atoms with E-state index in [-0.39, 0.29) is 17.4 Å². The molecule has 0 aromatic heterocycles. The van der Waals surface area contributed by atoms with E-state index in [1.807, 2.05) is 0 Å². The van der Waals surface area contributed by atoms with Gasteiger partial charge in [0, 0.05) is 11.9 Å². The summed E-state index contributed by atoms with van der Waals surface area (Å²) in [6.45, 7) is 0.588. The SMILES string of the molecule is O=C1NC2(CCCC2)C(=O)N1CC1(CBr)CC1. The monoisotopic (exact) mass is 300 g/mol. The highest BCUT2D eigenvalue weighted by Gasteiger charge is 2.55. The van der Waals surface area contributed by atoms with Crippen molar-refractivity contribution in [3.8, 4) is 0 Å². The summed E-state index contributed by atoms with van der Waals surface area (Å²) in [5.74, 6) is 0.0206. The lowest BCUT2D eigenvalue weighted by atomic mass is 9.97. The van der Waals surface area contributed by atoms with E-state index in [9.17, 15) is 9.59 Å². The van der Waals surface area contributed by atoms with Crippen LogP contribution in [0.3, 0.4) is 0 Å². The molecule has 3 amide bonds. The predicted octanol–water partition coefficient (Wildman–Crippen LogP) is 2.03. The van der Waals surface area contributed by atoms with Crippen LogP contribution in [0.25, 0.3) is 0 Å². The molecule has 2 saturated carbocycles. The molecule has 2 aliphatic carbocycles. The maximum Gasteiger partial charge on any atom is 0.325 e. The number of halogens is 1. The second-order valence-corrected chi connectivity index (χ2v) is 6.31. The smallest absolute Gasteiger partial charge is 0.323 e. The number of nitrogens with zero attached hydrogens (tertiary/aromatic N) is 1. The average molecular weight is 301 g/mol. The first-order valence-corrected chi connectivity index (χ1v) is 7.43. The van der Waals surface area contributed by atoms with Crippen LogP contribution in [-0.4, -0.2) is 34.3 Å². The minimum absolute atomic E-state index is 0.0206. The van der Waals surface area contributed by atoms with Crippen LogP contribution in [0.15, 0.2) is 0 Å². The van der Waals surface area contributed by atoms with E-state index in [4.69, 9.17) is 0 Å². The van der Waals surface area contributed by atoms with E-state index in [0.717, 1.165) is 43.9 Å². The summed E-state index contributed by atoms with van der Waals surface area (Å²) in [4.78, 5) is 25.8. The third kappa shape index (κ3) is 1.70. The third-order valence-electron chi connectivity index (χ3n) is 4.44. The highest BCUT2D eigenvalue weighted by Crippen LogP contribution is 2.48. The second-order valence-electron chi connectivity index (χ2n) is 5.74. The number of hydrogen-bond donors (Lipinski definition) is 1. The summed E-state index contributed by atoms with van der Waals surface area (Å²) in [6.07, 6.45) is 5.95. The number of rotatable bonds is 3. The predicted molar refractivity (Wildman–Crippen MR) is 66.9 cm³/mol. The quantitative estimate of drug-likeness (QED) is 0.640. The molecule has 3 fully saturated rings. The Balaban J connectivity index is 1.77. The van der Waals surface area contributed by atoms with Gasteiger partial charge in [0.05, 0.1) is 0 Å². The number of nitrogens with one attached hydrogen (secondary N) is 1. The lowest BCUT2D eigenvalue weighted by Gasteiger charge is -2.22. The molecule has 1 spiro atoms. The van der Waals surface area contributed by atoms with Crippen molar-refractivity contribution in [2.24, 2.45) is 5.41 Å². The maximum atomic E-state index is 12.4. The van der Waals surface area contributed by atoms with Crippen LogP contribution in [-0.2, 0) is 4.79 Å². The Bertz CT molecular complexity index is 373. The molecule has 4 nitrogen and oxygen atoms in total. The normalized spacial score (nSPS) is 28.9. The summed E-state index contributed by atoms with van der Waals surface area (Å²) < 4.78 is 0. The zero-order valence-electron chi connectivity index (χ0n) is 9.80. The van der Waals surface area contributed by atoms with E-state index >= 15 is 0 Å². The Kier molecular flexibility index (Phi) is 2.51. The van der Waals surface area contributed by atoms with Gasteiger partial charge in [-0.25, -0.2) is 4.79 Å². The molecule has 1 aliphatic heterocycles. The molecule has 0 aromatic carbocycles. The van der Waals surface area contributed by atoms with Gasteiger partial charge in [0.2, 0.25) is 0 Å². The second kappa shape index (κ2) is 3.70.